The average molecular weight is 503 g/mol. The molecule has 1 fully saturated rings. The first-order valence-electron chi connectivity index (χ1n) is 12.9. The van der Waals surface area contributed by atoms with E-state index in [-0.39, 0.29) is 11.8 Å². The van der Waals surface area contributed by atoms with Crippen LogP contribution in [0, 0.1) is 5.92 Å². The van der Waals surface area contributed by atoms with Gasteiger partial charge in [-0.25, -0.2) is 15.0 Å². The second kappa shape index (κ2) is 11.6. The van der Waals surface area contributed by atoms with Crippen LogP contribution in [-0.2, 0) is 6.54 Å². The summed E-state index contributed by atoms with van der Waals surface area (Å²) in [6, 6.07) is 10.9. The van der Waals surface area contributed by atoms with Gasteiger partial charge in [0.25, 0.3) is 5.91 Å². The van der Waals surface area contributed by atoms with Gasteiger partial charge in [-0.15, -0.1) is 0 Å². The predicted octanol–water partition coefficient (Wildman–Crippen LogP) is 3.87. The number of hydrogen-bond acceptors (Lipinski definition) is 8. The van der Waals surface area contributed by atoms with Crippen molar-refractivity contribution in [3.05, 3.63) is 66.1 Å². The van der Waals surface area contributed by atoms with Crippen molar-refractivity contribution in [2.45, 2.75) is 26.3 Å². The molecule has 9 heteroatoms. The normalized spacial score (nSPS) is 19.4. The number of carbonyl (C=O) groups excluding carboxylic acids is 1. The number of rotatable bonds is 3. The molecule has 1 amide bonds. The number of amides is 1. The summed E-state index contributed by atoms with van der Waals surface area (Å²) in [4.78, 5) is 33.2. The molecule has 5 rings (SSSR count). The molecular formula is C28H34N6O3. The molecule has 2 aromatic heterocycles. The number of carbonyl (C=O) groups is 1. The number of piperidine rings is 1. The zero-order valence-electron chi connectivity index (χ0n) is 21.5. The Morgan fingerprint density at radius 3 is 2.59 bits per heavy atom. The SMILES string of the molecule is CC1CCCN(c2ncc(CN3CCOc4ccccc4Oc4ncccc4C(=O)N(C)CC3)cn2)C1. The van der Waals surface area contributed by atoms with Gasteiger partial charge in [0.1, 0.15) is 12.2 Å². The van der Waals surface area contributed by atoms with Crippen LogP contribution < -0.4 is 14.4 Å². The lowest BCUT2D eigenvalue weighted by molar-refractivity contribution is 0.0770. The molecule has 9 nitrogen and oxygen atoms in total. The summed E-state index contributed by atoms with van der Waals surface area (Å²) in [5.41, 5.74) is 1.45. The van der Waals surface area contributed by atoms with Crippen LogP contribution in [0.2, 0.25) is 0 Å². The molecule has 37 heavy (non-hydrogen) atoms. The van der Waals surface area contributed by atoms with Gasteiger partial charge < -0.3 is 19.3 Å². The number of para-hydroxylation sites is 2. The van der Waals surface area contributed by atoms with Gasteiger partial charge in [-0.05, 0) is 43.0 Å². The van der Waals surface area contributed by atoms with Crippen molar-refractivity contribution < 1.29 is 14.3 Å². The third kappa shape index (κ3) is 6.17. The molecule has 4 heterocycles. The lowest BCUT2D eigenvalue weighted by Gasteiger charge is -2.31. The molecule has 0 saturated carbocycles. The third-order valence-corrected chi connectivity index (χ3v) is 6.86. The first kappa shape index (κ1) is 25.0. The first-order chi connectivity index (χ1) is 18.1. The number of anilines is 1. The standard InChI is InChI=1S/C28H34N6O3/c1-21-7-6-12-34(19-21)28-30-17-22(18-31-28)20-33-14-13-32(2)27(35)23-8-5-11-29-26(23)37-25-10-4-3-9-24(25)36-16-15-33/h3-5,8-11,17-18,21H,6-7,12-16,19-20H2,1-2H3. The van der Waals surface area contributed by atoms with Gasteiger partial charge in [-0.3, -0.25) is 9.69 Å². The van der Waals surface area contributed by atoms with Crippen LogP contribution in [0.3, 0.4) is 0 Å². The van der Waals surface area contributed by atoms with Crippen LogP contribution in [0.4, 0.5) is 5.95 Å². The fourth-order valence-corrected chi connectivity index (χ4v) is 4.77. The predicted molar refractivity (Wildman–Crippen MR) is 141 cm³/mol. The minimum absolute atomic E-state index is 0.135. The molecule has 1 atom stereocenters. The molecule has 2 aliphatic rings. The summed E-state index contributed by atoms with van der Waals surface area (Å²) >= 11 is 0. The number of likely N-dealkylation sites (N-methyl/N-ethyl adjacent to an activating group) is 1. The third-order valence-electron chi connectivity index (χ3n) is 6.86. The van der Waals surface area contributed by atoms with Gasteiger partial charge in [-0.1, -0.05) is 19.1 Å². The van der Waals surface area contributed by atoms with E-state index in [1.807, 2.05) is 36.7 Å². The minimum atomic E-state index is -0.135. The van der Waals surface area contributed by atoms with Gasteiger partial charge in [0.15, 0.2) is 11.5 Å². The lowest BCUT2D eigenvalue weighted by Crippen LogP contribution is -2.38. The van der Waals surface area contributed by atoms with Crippen LogP contribution in [0.1, 0.15) is 35.7 Å². The smallest absolute Gasteiger partial charge is 0.259 e. The van der Waals surface area contributed by atoms with E-state index in [1.165, 1.54) is 12.8 Å². The van der Waals surface area contributed by atoms with E-state index < -0.39 is 0 Å². The van der Waals surface area contributed by atoms with Crippen molar-refractivity contribution in [1.82, 2.24) is 24.8 Å². The summed E-state index contributed by atoms with van der Waals surface area (Å²) in [5, 5.41) is 0. The number of aromatic nitrogens is 3. The summed E-state index contributed by atoms with van der Waals surface area (Å²) in [5.74, 6) is 2.75. The molecule has 1 saturated heterocycles. The molecule has 1 unspecified atom stereocenters. The van der Waals surface area contributed by atoms with E-state index in [2.05, 4.69) is 31.7 Å². The largest absolute Gasteiger partial charge is 0.488 e. The Kier molecular flexibility index (Phi) is 7.79. The van der Waals surface area contributed by atoms with Crippen LogP contribution in [0.5, 0.6) is 17.4 Å². The van der Waals surface area contributed by atoms with Crippen LogP contribution in [0.15, 0.2) is 55.0 Å². The van der Waals surface area contributed by atoms with E-state index in [1.54, 1.807) is 30.3 Å². The van der Waals surface area contributed by atoms with Gasteiger partial charge in [-0.2, -0.15) is 0 Å². The van der Waals surface area contributed by atoms with E-state index in [0.29, 0.717) is 55.8 Å². The quantitative estimate of drug-likeness (QED) is 0.534. The monoisotopic (exact) mass is 502 g/mol. The number of benzene rings is 1. The number of nitrogens with zero attached hydrogens (tertiary/aromatic N) is 6. The van der Waals surface area contributed by atoms with Crippen LogP contribution in [0.25, 0.3) is 0 Å². The highest BCUT2D eigenvalue weighted by atomic mass is 16.5. The Morgan fingerprint density at radius 1 is 0.973 bits per heavy atom. The van der Waals surface area contributed by atoms with E-state index in [4.69, 9.17) is 9.47 Å². The molecule has 2 aliphatic heterocycles. The maximum absolute atomic E-state index is 13.3. The van der Waals surface area contributed by atoms with Crippen molar-refractivity contribution in [3.8, 4) is 17.4 Å². The highest BCUT2D eigenvalue weighted by molar-refractivity contribution is 5.96. The molecule has 0 N–H and O–H groups in total. The zero-order valence-corrected chi connectivity index (χ0v) is 21.5. The topological polar surface area (TPSA) is 83.9 Å². The van der Waals surface area contributed by atoms with Crippen molar-refractivity contribution in [1.29, 1.82) is 0 Å². The highest BCUT2D eigenvalue weighted by Crippen LogP contribution is 2.32. The average Bonchev–Trinajstić information content (AvgIpc) is 2.93. The van der Waals surface area contributed by atoms with Crippen molar-refractivity contribution >= 4 is 11.9 Å². The van der Waals surface area contributed by atoms with Crippen molar-refractivity contribution in [3.63, 3.8) is 0 Å². The fourth-order valence-electron chi connectivity index (χ4n) is 4.77. The van der Waals surface area contributed by atoms with Gasteiger partial charge in [0.05, 0.1) is 0 Å². The van der Waals surface area contributed by atoms with Crippen LogP contribution in [-0.4, -0.2) is 77.0 Å². The molecule has 194 valence electrons. The van der Waals surface area contributed by atoms with E-state index >= 15 is 0 Å². The molecule has 3 aromatic rings. The van der Waals surface area contributed by atoms with Crippen molar-refractivity contribution in [2.24, 2.45) is 5.92 Å². The summed E-state index contributed by atoms with van der Waals surface area (Å²) in [7, 11) is 1.80. The molecular weight excluding hydrogens is 468 g/mol. The summed E-state index contributed by atoms with van der Waals surface area (Å²) in [6.07, 6.45) is 7.91. The first-order valence-corrected chi connectivity index (χ1v) is 12.9. The van der Waals surface area contributed by atoms with Gasteiger partial charge >= 0.3 is 0 Å². The minimum Gasteiger partial charge on any atom is -0.488 e. The Balaban J connectivity index is 1.33. The molecule has 0 aliphatic carbocycles. The van der Waals surface area contributed by atoms with Crippen molar-refractivity contribution in [2.75, 3.05) is 51.3 Å². The molecule has 1 aromatic carbocycles. The maximum Gasteiger partial charge on any atom is 0.259 e. The Morgan fingerprint density at radius 2 is 1.78 bits per heavy atom. The number of pyridine rings is 1. The van der Waals surface area contributed by atoms with Gasteiger partial charge in [0, 0.05) is 70.5 Å². The molecule has 0 radical (unpaired) electrons. The van der Waals surface area contributed by atoms with Gasteiger partial charge in [0.2, 0.25) is 11.8 Å². The Labute approximate surface area is 218 Å². The number of fused-ring (bicyclic) bond motifs is 2. The lowest BCUT2D eigenvalue weighted by atomic mass is 10.0. The fraction of sp³-hybridized carbons (Fsp3) is 0.429. The molecule has 0 spiro atoms. The zero-order chi connectivity index (χ0) is 25.6. The summed E-state index contributed by atoms with van der Waals surface area (Å²) < 4.78 is 12.2. The van der Waals surface area contributed by atoms with Crippen LogP contribution >= 0.6 is 0 Å². The second-order valence-corrected chi connectivity index (χ2v) is 9.84. The Hall–Kier alpha value is -3.72. The maximum atomic E-state index is 13.3. The molecule has 0 bridgehead atoms. The second-order valence-electron chi connectivity index (χ2n) is 9.84. The number of ether oxygens (including phenoxy) is 2. The Bertz CT molecular complexity index is 1200. The summed E-state index contributed by atoms with van der Waals surface area (Å²) in [6.45, 7) is 7.33. The highest BCUT2D eigenvalue weighted by Gasteiger charge is 2.22. The number of hydrogen-bond donors (Lipinski definition) is 0. The van der Waals surface area contributed by atoms with E-state index in [0.717, 1.165) is 24.6 Å². The van der Waals surface area contributed by atoms with E-state index in [9.17, 15) is 4.79 Å².